The van der Waals surface area contributed by atoms with Gasteiger partial charge in [0.05, 0.1) is 0 Å². The van der Waals surface area contributed by atoms with E-state index < -0.39 is 0 Å². The van der Waals surface area contributed by atoms with E-state index in [1.807, 2.05) is 4.57 Å². The topological polar surface area (TPSA) is 59.4 Å². The summed E-state index contributed by atoms with van der Waals surface area (Å²) in [5, 5.41) is 18.0. The zero-order valence-electron chi connectivity index (χ0n) is 17.0. The third kappa shape index (κ3) is 7.82. The molecule has 0 spiro atoms. The smallest absolute Gasteiger partial charge is 0.220 e. The summed E-state index contributed by atoms with van der Waals surface area (Å²) in [6, 6.07) is 0. The van der Waals surface area contributed by atoms with Crippen LogP contribution < -0.4 is 0 Å². The second-order valence-electron chi connectivity index (χ2n) is 7.29. The van der Waals surface area contributed by atoms with Crippen LogP contribution in [0.1, 0.15) is 102 Å². The van der Waals surface area contributed by atoms with Crippen LogP contribution in [-0.4, -0.2) is 25.0 Å². The lowest BCUT2D eigenvalue weighted by Gasteiger charge is -2.02. The molecule has 27 heavy (non-hydrogen) atoms. The number of H-pyrrole nitrogens is 1. The van der Waals surface area contributed by atoms with Gasteiger partial charge in [0.2, 0.25) is 9.90 Å². The largest absolute Gasteiger partial charge is 0.251 e. The van der Waals surface area contributed by atoms with Crippen molar-refractivity contribution in [2.24, 2.45) is 0 Å². The van der Waals surface area contributed by atoms with Crippen LogP contribution in [0, 0.1) is 4.77 Å². The quantitative estimate of drug-likeness (QED) is 0.266. The first-order chi connectivity index (χ1) is 13.3. The third-order valence-electron chi connectivity index (χ3n) is 4.89. The van der Waals surface area contributed by atoms with Crippen LogP contribution in [0.15, 0.2) is 0 Å². The molecule has 0 bridgehead atoms. The van der Waals surface area contributed by atoms with E-state index in [0.29, 0.717) is 4.77 Å². The third-order valence-corrected chi connectivity index (χ3v) is 6.13. The zero-order valence-corrected chi connectivity index (χ0v) is 18.6. The highest BCUT2D eigenvalue weighted by Gasteiger charge is 2.13. The molecule has 7 heteroatoms. The van der Waals surface area contributed by atoms with Crippen molar-refractivity contribution in [3.63, 3.8) is 0 Å². The van der Waals surface area contributed by atoms with Crippen LogP contribution >= 0.6 is 23.6 Å². The first-order valence-corrected chi connectivity index (χ1v) is 12.0. The second kappa shape index (κ2) is 13.2. The van der Waals surface area contributed by atoms with Gasteiger partial charge in [-0.2, -0.15) is 5.10 Å². The van der Waals surface area contributed by atoms with Crippen LogP contribution in [-0.2, 0) is 12.8 Å². The van der Waals surface area contributed by atoms with Crippen molar-refractivity contribution in [3.05, 3.63) is 15.6 Å². The van der Waals surface area contributed by atoms with Crippen LogP contribution in [0.2, 0.25) is 0 Å². The summed E-state index contributed by atoms with van der Waals surface area (Å²) in [6.07, 6.45) is 17.5. The van der Waals surface area contributed by atoms with Gasteiger partial charge in [0.15, 0.2) is 0 Å². The molecule has 0 amide bonds. The molecule has 0 fully saturated rings. The minimum atomic E-state index is 0.621. The van der Waals surface area contributed by atoms with E-state index in [2.05, 4.69) is 34.2 Å². The molecule has 0 aromatic carbocycles. The van der Waals surface area contributed by atoms with E-state index in [1.165, 1.54) is 70.6 Å². The molecular formula is C20H35N5S2. The van der Waals surface area contributed by atoms with Crippen molar-refractivity contribution in [2.45, 2.75) is 104 Å². The monoisotopic (exact) mass is 409 g/mol. The van der Waals surface area contributed by atoms with E-state index in [9.17, 15) is 0 Å². The van der Waals surface area contributed by atoms with Gasteiger partial charge in [0.25, 0.3) is 0 Å². The first kappa shape index (κ1) is 22.2. The molecule has 0 aliphatic heterocycles. The van der Waals surface area contributed by atoms with Crippen molar-refractivity contribution in [3.8, 4) is 5.13 Å². The molecule has 1 N–H and O–H groups in total. The van der Waals surface area contributed by atoms with Gasteiger partial charge in [0.1, 0.15) is 10.8 Å². The van der Waals surface area contributed by atoms with Crippen molar-refractivity contribution < 1.29 is 0 Å². The Bertz CT molecular complexity index is 689. The maximum atomic E-state index is 5.42. The normalized spacial score (nSPS) is 11.3. The SMILES string of the molecule is CCCCCCCCCCc1nnc(-n2c(CCCCCC)n[nH]c2=S)s1. The summed E-state index contributed by atoms with van der Waals surface area (Å²) >= 11 is 7.07. The predicted octanol–water partition coefficient (Wildman–Crippen LogP) is 6.59. The highest BCUT2D eigenvalue weighted by molar-refractivity contribution is 7.71. The summed E-state index contributed by atoms with van der Waals surface area (Å²) in [5.41, 5.74) is 0. The van der Waals surface area contributed by atoms with Crippen molar-refractivity contribution in [1.82, 2.24) is 25.0 Å². The number of rotatable bonds is 15. The lowest BCUT2D eigenvalue weighted by atomic mass is 10.1. The molecule has 0 atom stereocenters. The van der Waals surface area contributed by atoms with Crippen molar-refractivity contribution in [2.75, 3.05) is 0 Å². The maximum Gasteiger partial charge on any atom is 0.220 e. The Morgan fingerprint density at radius 3 is 2.11 bits per heavy atom. The fraction of sp³-hybridized carbons (Fsp3) is 0.800. The molecule has 0 saturated carbocycles. The second-order valence-corrected chi connectivity index (χ2v) is 8.72. The molecule has 2 aromatic heterocycles. The van der Waals surface area contributed by atoms with E-state index in [4.69, 9.17) is 12.2 Å². The van der Waals surface area contributed by atoms with Crippen LogP contribution in [0.4, 0.5) is 0 Å². The van der Waals surface area contributed by atoms with E-state index >= 15 is 0 Å². The van der Waals surface area contributed by atoms with Crippen LogP contribution in [0.25, 0.3) is 5.13 Å². The van der Waals surface area contributed by atoms with Gasteiger partial charge in [-0.15, -0.1) is 10.2 Å². The molecule has 5 nitrogen and oxygen atoms in total. The Morgan fingerprint density at radius 2 is 1.41 bits per heavy atom. The summed E-state index contributed by atoms with van der Waals surface area (Å²) in [7, 11) is 0. The fourth-order valence-electron chi connectivity index (χ4n) is 3.25. The summed E-state index contributed by atoms with van der Waals surface area (Å²) in [4.78, 5) is 0. The van der Waals surface area contributed by atoms with E-state index in [0.717, 1.165) is 35.2 Å². The summed E-state index contributed by atoms with van der Waals surface area (Å²) in [5.74, 6) is 0.978. The molecule has 2 rings (SSSR count). The maximum absolute atomic E-state index is 5.42. The minimum Gasteiger partial charge on any atom is -0.251 e. The summed E-state index contributed by atoms with van der Waals surface area (Å²) in [6.45, 7) is 4.49. The molecular weight excluding hydrogens is 374 g/mol. The van der Waals surface area contributed by atoms with Gasteiger partial charge in [-0.05, 0) is 25.1 Å². The number of aromatic nitrogens is 5. The van der Waals surface area contributed by atoms with Crippen molar-refractivity contribution >= 4 is 23.6 Å². The van der Waals surface area contributed by atoms with Crippen LogP contribution in [0.3, 0.4) is 0 Å². The van der Waals surface area contributed by atoms with Gasteiger partial charge in [-0.3, -0.25) is 5.10 Å². The zero-order chi connectivity index (χ0) is 19.3. The van der Waals surface area contributed by atoms with E-state index in [1.54, 1.807) is 11.3 Å². The van der Waals surface area contributed by atoms with Crippen LogP contribution in [0.5, 0.6) is 0 Å². The van der Waals surface area contributed by atoms with Gasteiger partial charge in [0, 0.05) is 12.8 Å². The lowest BCUT2D eigenvalue weighted by molar-refractivity contribution is 0.574. The minimum absolute atomic E-state index is 0.621. The number of unbranched alkanes of at least 4 members (excludes halogenated alkanes) is 10. The van der Waals surface area contributed by atoms with Gasteiger partial charge >= 0.3 is 0 Å². The molecule has 2 aromatic rings. The Kier molecular flexibility index (Phi) is 10.8. The molecule has 0 aliphatic rings. The van der Waals surface area contributed by atoms with Gasteiger partial charge < -0.3 is 0 Å². The predicted molar refractivity (Wildman–Crippen MR) is 116 cm³/mol. The average molecular weight is 410 g/mol. The Morgan fingerprint density at radius 1 is 0.815 bits per heavy atom. The lowest BCUT2D eigenvalue weighted by Crippen LogP contribution is -2.01. The number of hydrogen-bond acceptors (Lipinski definition) is 5. The number of nitrogens with one attached hydrogen (secondary N) is 1. The number of aryl methyl sites for hydroxylation is 2. The Hall–Kier alpha value is -1.08. The number of hydrogen-bond donors (Lipinski definition) is 1. The highest BCUT2D eigenvalue weighted by Crippen LogP contribution is 2.20. The molecule has 0 saturated heterocycles. The molecule has 0 unspecified atom stereocenters. The summed E-state index contributed by atoms with van der Waals surface area (Å²) < 4.78 is 2.59. The molecule has 2 heterocycles. The number of aromatic amines is 1. The standard InChI is InChI=1S/C20H35N5S2/c1-3-5-7-9-10-11-12-14-16-18-22-24-20(27-18)25-17(21-23-19(25)26)15-13-8-6-4-2/h3-16H2,1-2H3,(H,23,26). The van der Waals surface area contributed by atoms with Crippen molar-refractivity contribution in [1.29, 1.82) is 0 Å². The molecule has 0 radical (unpaired) electrons. The average Bonchev–Trinajstić information content (AvgIpc) is 3.27. The first-order valence-electron chi connectivity index (χ1n) is 10.7. The number of nitrogens with zero attached hydrogens (tertiary/aromatic N) is 4. The Balaban J connectivity index is 1.78. The van der Waals surface area contributed by atoms with Gasteiger partial charge in [-0.1, -0.05) is 89.4 Å². The van der Waals surface area contributed by atoms with E-state index in [-0.39, 0.29) is 0 Å². The Labute approximate surface area is 173 Å². The molecule has 152 valence electrons. The molecule has 0 aliphatic carbocycles. The fourth-order valence-corrected chi connectivity index (χ4v) is 4.45. The highest BCUT2D eigenvalue weighted by atomic mass is 32.1. The van der Waals surface area contributed by atoms with Gasteiger partial charge in [-0.25, -0.2) is 4.57 Å².